The van der Waals surface area contributed by atoms with Gasteiger partial charge in [-0.3, -0.25) is 0 Å². The standard InChI is InChI=1S/C14H21NS2/c1-9-11-6-10(13(11,2)3)7-12(9)14(8-15,16-4)17-5/h10-12H,1,6-7H2,2-5H3. The van der Waals surface area contributed by atoms with E-state index in [4.69, 9.17) is 0 Å². The Morgan fingerprint density at radius 3 is 2.29 bits per heavy atom. The summed E-state index contributed by atoms with van der Waals surface area (Å²) in [6.45, 7) is 9.06. The van der Waals surface area contributed by atoms with Crippen molar-refractivity contribution in [2.45, 2.75) is 30.8 Å². The lowest BCUT2D eigenvalue weighted by Gasteiger charge is -2.61. The SMILES string of the molecule is C=C1C(C(C#N)(SC)SC)CC2CC1C2(C)C. The van der Waals surface area contributed by atoms with Crippen LogP contribution in [0.4, 0.5) is 0 Å². The Labute approximate surface area is 113 Å². The van der Waals surface area contributed by atoms with Crippen molar-refractivity contribution >= 4 is 23.5 Å². The third kappa shape index (κ3) is 1.68. The molecule has 0 radical (unpaired) electrons. The van der Waals surface area contributed by atoms with Crippen LogP contribution in [0.5, 0.6) is 0 Å². The molecule has 0 aromatic rings. The van der Waals surface area contributed by atoms with Gasteiger partial charge in [0.15, 0.2) is 4.08 Å². The number of nitriles is 1. The van der Waals surface area contributed by atoms with Crippen LogP contribution in [-0.2, 0) is 0 Å². The molecule has 0 N–H and O–H groups in total. The fourth-order valence-corrected chi connectivity index (χ4v) is 5.57. The van der Waals surface area contributed by atoms with Gasteiger partial charge in [-0.25, -0.2) is 0 Å². The average molecular weight is 267 g/mol. The second kappa shape index (κ2) is 4.24. The van der Waals surface area contributed by atoms with Crippen LogP contribution in [-0.4, -0.2) is 16.6 Å². The van der Waals surface area contributed by atoms with E-state index in [2.05, 4.69) is 39.0 Å². The van der Waals surface area contributed by atoms with E-state index >= 15 is 0 Å². The molecule has 3 rings (SSSR count). The normalized spacial score (nSPS) is 35.0. The van der Waals surface area contributed by atoms with Crippen LogP contribution in [0.2, 0.25) is 0 Å². The molecule has 0 spiro atoms. The molecule has 3 atom stereocenters. The Balaban J connectivity index is 2.27. The van der Waals surface area contributed by atoms with Crippen LogP contribution in [0.1, 0.15) is 26.7 Å². The Morgan fingerprint density at radius 1 is 1.35 bits per heavy atom. The number of hydrogen-bond donors (Lipinski definition) is 0. The highest BCUT2D eigenvalue weighted by molar-refractivity contribution is 8.18. The molecule has 94 valence electrons. The van der Waals surface area contributed by atoms with Crippen LogP contribution >= 0.6 is 23.5 Å². The maximum atomic E-state index is 9.54. The molecular formula is C14H21NS2. The monoisotopic (exact) mass is 267 g/mol. The number of hydrogen-bond acceptors (Lipinski definition) is 3. The van der Waals surface area contributed by atoms with Crippen LogP contribution < -0.4 is 0 Å². The molecule has 17 heavy (non-hydrogen) atoms. The fraction of sp³-hybridized carbons (Fsp3) is 0.786. The van der Waals surface area contributed by atoms with Crippen molar-refractivity contribution in [1.82, 2.24) is 0 Å². The topological polar surface area (TPSA) is 23.8 Å². The molecule has 0 aliphatic heterocycles. The van der Waals surface area contributed by atoms with Gasteiger partial charge in [0.1, 0.15) is 0 Å². The molecule has 0 heterocycles. The predicted octanol–water partition coefficient (Wildman–Crippen LogP) is 4.17. The number of thioether (sulfide) groups is 2. The zero-order valence-electron chi connectivity index (χ0n) is 11.1. The quantitative estimate of drug-likeness (QED) is 0.566. The number of fused-ring (bicyclic) bond motifs is 2. The van der Waals surface area contributed by atoms with Crippen molar-refractivity contribution in [1.29, 1.82) is 5.26 Å². The zero-order chi connectivity index (χ0) is 12.8. The third-order valence-corrected chi connectivity index (χ3v) is 8.07. The van der Waals surface area contributed by atoms with Crippen molar-refractivity contribution in [2.24, 2.45) is 23.2 Å². The first kappa shape index (κ1) is 13.4. The summed E-state index contributed by atoms with van der Waals surface area (Å²) in [7, 11) is 0. The second-order valence-corrected chi connectivity index (χ2v) is 8.22. The molecule has 0 amide bonds. The van der Waals surface area contributed by atoms with Gasteiger partial charge >= 0.3 is 0 Å². The van der Waals surface area contributed by atoms with Gasteiger partial charge in [0.2, 0.25) is 0 Å². The van der Waals surface area contributed by atoms with Gasteiger partial charge in [-0.2, -0.15) is 5.26 Å². The Bertz CT molecular complexity index is 376. The zero-order valence-corrected chi connectivity index (χ0v) is 12.8. The highest BCUT2D eigenvalue weighted by Gasteiger charge is 2.58. The first-order valence-corrected chi connectivity index (χ1v) is 8.58. The van der Waals surface area contributed by atoms with Crippen molar-refractivity contribution in [3.05, 3.63) is 12.2 Å². The minimum Gasteiger partial charge on any atom is -0.196 e. The number of allylic oxidation sites excluding steroid dienone is 1. The van der Waals surface area contributed by atoms with Crippen molar-refractivity contribution in [3.8, 4) is 6.07 Å². The van der Waals surface area contributed by atoms with Gasteiger partial charge in [0.25, 0.3) is 0 Å². The molecular weight excluding hydrogens is 246 g/mol. The molecule has 1 nitrogen and oxygen atoms in total. The van der Waals surface area contributed by atoms with E-state index in [1.807, 2.05) is 0 Å². The van der Waals surface area contributed by atoms with Crippen molar-refractivity contribution in [2.75, 3.05) is 12.5 Å². The van der Waals surface area contributed by atoms with Gasteiger partial charge in [0, 0.05) is 5.92 Å². The largest absolute Gasteiger partial charge is 0.196 e. The van der Waals surface area contributed by atoms with Crippen LogP contribution in [0, 0.1) is 34.5 Å². The lowest BCUT2D eigenvalue weighted by Crippen LogP contribution is -2.55. The lowest BCUT2D eigenvalue weighted by atomic mass is 9.45. The third-order valence-electron chi connectivity index (χ3n) is 5.11. The maximum Gasteiger partial charge on any atom is 0.154 e. The first-order chi connectivity index (χ1) is 7.93. The second-order valence-electron chi connectivity index (χ2n) is 5.86. The van der Waals surface area contributed by atoms with Crippen LogP contribution in [0.15, 0.2) is 12.2 Å². The minimum atomic E-state index is -0.315. The molecule has 3 saturated carbocycles. The summed E-state index contributed by atoms with van der Waals surface area (Å²) in [4.78, 5) is 0. The minimum absolute atomic E-state index is 0.315. The van der Waals surface area contributed by atoms with E-state index < -0.39 is 0 Å². The molecule has 3 heteroatoms. The Kier molecular flexibility index (Phi) is 3.34. The summed E-state index contributed by atoms with van der Waals surface area (Å²) in [5, 5.41) is 9.54. The van der Waals surface area contributed by atoms with E-state index in [0.717, 1.165) is 12.3 Å². The van der Waals surface area contributed by atoms with Crippen molar-refractivity contribution in [3.63, 3.8) is 0 Å². The summed E-state index contributed by atoms with van der Waals surface area (Å²) >= 11 is 3.38. The maximum absolute atomic E-state index is 9.54. The molecule has 0 saturated heterocycles. The number of rotatable bonds is 3. The van der Waals surface area contributed by atoms with E-state index in [9.17, 15) is 5.26 Å². The van der Waals surface area contributed by atoms with Crippen molar-refractivity contribution < 1.29 is 0 Å². The summed E-state index contributed by atoms with van der Waals surface area (Å²) in [5.74, 6) is 1.79. The van der Waals surface area contributed by atoms with E-state index in [1.54, 1.807) is 23.5 Å². The van der Waals surface area contributed by atoms with Gasteiger partial charge in [-0.15, -0.1) is 23.5 Å². The summed E-state index contributed by atoms with van der Waals surface area (Å²) < 4.78 is -0.315. The van der Waals surface area contributed by atoms with Crippen LogP contribution in [0.25, 0.3) is 0 Å². The molecule has 2 bridgehead atoms. The van der Waals surface area contributed by atoms with E-state index in [0.29, 0.717) is 17.3 Å². The molecule has 3 fully saturated rings. The molecule has 3 aliphatic carbocycles. The highest BCUT2D eigenvalue weighted by Crippen LogP contribution is 2.66. The molecule has 0 aromatic carbocycles. The van der Waals surface area contributed by atoms with Gasteiger partial charge in [-0.05, 0) is 42.6 Å². The summed E-state index contributed by atoms with van der Waals surface area (Å²) in [5.41, 5.74) is 1.76. The summed E-state index contributed by atoms with van der Waals surface area (Å²) in [6.07, 6.45) is 6.56. The van der Waals surface area contributed by atoms with E-state index in [-0.39, 0.29) is 4.08 Å². The molecule has 3 aliphatic rings. The van der Waals surface area contributed by atoms with Gasteiger partial charge in [-0.1, -0.05) is 26.0 Å². The molecule has 0 aromatic heterocycles. The smallest absolute Gasteiger partial charge is 0.154 e. The Morgan fingerprint density at radius 2 is 1.94 bits per heavy atom. The lowest BCUT2D eigenvalue weighted by molar-refractivity contribution is -0.0464. The first-order valence-electron chi connectivity index (χ1n) is 6.13. The molecule has 3 unspecified atom stereocenters. The predicted molar refractivity (Wildman–Crippen MR) is 78.0 cm³/mol. The highest BCUT2D eigenvalue weighted by atomic mass is 32.2. The average Bonchev–Trinajstić information content (AvgIpc) is 2.32. The Hall–Kier alpha value is -0.0700. The fourth-order valence-electron chi connectivity index (χ4n) is 3.66. The van der Waals surface area contributed by atoms with Gasteiger partial charge in [0.05, 0.1) is 6.07 Å². The number of nitrogens with zero attached hydrogens (tertiary/aromatic N) is 1. The van der Waals surface area contributed by atoms with E-state index in [1.165, 1.54) is 12.0 Å². The van der Waals surface area contributed by atoms with Crippen LogP contribution in [0.3, 0.4) is 0 Å². The van der Waals surface area contributed by atoms with Gasteiger partial charge < -0.3 is 0 Å². The summed E-state index contributed by atoms with van der Waals surface area (Å²) in [6, 6.07) is 2.55.